The second-order valence-electron chi connectivity index (χ2n) is 7.99. The minimum Gasteiger partial charge on any atom is -0.642 e. The molecule has 1 aliphatic rings. The predicted molar refractivity (Wildman–Crippen MR) is 113 cm³/mol. The zero-order chi connectivity index (χ0) is 20.8. The minimum absolute atomic E-state index is 0. The molecule has 0 aromatic heterocycles. The maximum atomic E-state index is 5.44. The summed E-state index contributed by atoms with van der Waals surface area (Å²) in [7, 11) is 11.1. The van der Waals surface area contributed by atoms with Crippen LogP contribution in [0.1, 0.15) is 27.7 Å². The van der Waals surface area contributed by atoms with Crippen LogP contribution in [-0.2, 0) is 9.47 Å². The first-order valence-electron chi connectivity index (χ1n) is 10.3. The Morgan fingerprint density at radius 2 is 1.43 bits per heavy atom. The van der Waals surface area contributed by atoms with E-state index < -0.39 is 0 Å². The summed E-state index contributed by atoms with van der Waals surface area (Å²) in [4.78, 5) is 8.98. The first-order valence-corrected chi connectivity index (χ1v) is 10.3. The Kier molecular flexibility index (Phi) is 18.1. The average molecular weight is 395 g/mol. The van der Waals surface area contributed by atoms with Crippen molar-refractivity contribution in [2.45, 2.75) is 33.7 Å². The van der Waals surface area contributed by atoms with Crippen molar-refractivity contribution in [2.75, 3.05) is 74.6 Å². The van der Waals surface area contributed by atoms with E-state index in [-0.39, 0.29) is 24.9 Å². The van der Waals surface area contributed by atoms with E-state index in [1.807, 2.05) is 13.8 Å². The van der Waals surface area contributed by atoms with Gasteiger partial charge in [-0.1, -0.05) is 19.8 Å². The first kappa shape index (κ1) is 29.5. The normalized spacial score (nSPS) is 16.1. The van der Waals surface area contributed by atoms with E-state index in [0.29, 0.717) is 30.9 Å². The summed E-state index contributed by atoms with van der Waals surface area (Å²) in [5.74, 6) is 1.65. The van der Waals surface area contributed by atoms with Gasteiger partial charge in [0.1, 0.15) is 26.2 Å². The van der Waals surface area contributed by atoms with E-state index in [1.165, 1.54) is 26.2 Å². The number of nitrogens with one attached hydrogen (secondary N) is 3. The second kappa shape index (κ2) is 17.2. The van der Waals surface area contributed by atoms with Crippen molar-refractivity contribution in [1.29, 1.82) is 0 Å². The molecule has 0 radical (unpaired) electrons. The van der Waals surface area contributed by atoms with Crippen LogP contribution in [0, 0.1) is 5.92 Å². The maximum absolute atomic E-state index is 5.44. The number of aliphatic imine (C=N–C) groups is 1. The molecule has 0 saturated carbocycles. The number of hydrogen-bond donors (Lipinski definition) is 3. The summed E-state index contributed by atoms with van der Waals surface area (Å²) >= 11 is 0. The van der Waals surface area contributed by atoms with E-state index in [0.717, 1.165) is 0 Å². The van der Waals surface area contributed by atoms with Crippen LogP contribution in [0.5, 0.6) is 0 Å². The van der Waals surface area contributed by atoms with E-state index in [9.17, 15) is 0 Å². The third kappa shape index (κ3) is 14.3. The van der Waals surface area contributed by atoms with Gasteiger partial charge in [0.05, 0.1) is 54.7 Å². The molecule has 0 fully saturated rings. The minimum atomic E-state index is -0.0171. The molecule has 0 aliphatic carbocycles. The zero-order valence-corrected chi connectivity index (χ0v) is 20.2. The zero-order valence-electron chi connectivity index (χ0n) is 20.2. The Morgan fingerprint density at radius 3 is 1.82 bits per heavy atom. The summed E-state index contributed by atoms with van der Waals surface area (Å²) in [6, 6.07) is -0.0171. The van der Waals surface area contributed by atoms with E-state index in [2.05, 4.69) is 59.4 Å². The molecule has 0 saturated heterocycles. The summed E-state index contributed by atoms with van der Waals surface area (Å²) in [6.07, 6.45) is 1.62. The van der Waals surface area contributed by atoms with Crippen molar-refractivity contribution in [2.24, 2.45) is 10.9 Å². The summed E-state index contributed by atoms with van der Waals surface area (Å²) in [5, 5.41) is 4.45. The van der Waals surface area contributed by atoms with Gasteiger partial charge >= 0.3 is 18.9 Å². The van der Waals surface area contributed by atoms with Crippen molar-refractivity contribution in [3.8, 4) is 0 Å². The molecule has 8 heteroatoms. The standard InChI is InChI=1S/C11H19N2O2.C9H23N3.Li/c1-5-14-9-7-12-11(15-6-2)10(13-9)8(3)4;1-10(2)6-8-12(5)9-7-11(3)4;/h7-8,10H,5-6H2,1-4H3;6-9H2,1-5H3;/q-1;;+1/p+3. The Balaban J connectivity index is 0. The summed E-state index contributed by atoms with van der Waals surface area (Å²) < 4.78 is 10.8. The quantitative estimate of drug-likeness (QED) is 0.327. The maximum Gasteiger partial charge on any atom is 1.00 e. The smallest absolute Gasteiger partial charge is 0.642 e. The SMILES string of the molecule is CCOC1=CN=C(OCC)C(C(C)C)[N-]1.C[NH+](C)CC[NH+](C)CC[NH+](C)C.[Li+]. The molecule has 3 N–H and O–H groups in total. The predicted octanol–water partition coefficient (Wildman–Crippen LogP) is -4.54. The average Bonchev–Trinajstić information content (AvgIpc) is 2.60. The Morgan fingerprint density at radius 1 is 0.929 bits per heavy atom. The van der Waals surface area contributed by atoms with Gasteiger partial charge in [-0.2, -0.15) is 0 Å². The third-order valence-corrected chi connectivity index (χ3v) is 4.14. The van der Waals surface area contributed by atoms with Gasteiger partial charge in [0, 0.05) is 5.88 Å². The molecular formula is C20H45LiN5O2+3. The molecule has 7 nitrogen and oxygen atoms in total. The van der Waals surface area contributed by atoms with Gasteiger partial charge in [-0.05, 0) is 19.9 Å². The number of nitrogens with zero attached hydrogens (tertiary/aromatic N) is 2. The Labute approximate surface area is 185 Å². The number of hydrogen-bond acceptors (Lipinski definition) is 3. The summed E-state index contributed by atoms with van der Waals surface area (Å²) in [6.45, 7) is 14.4. The van der Waals surface area contributed by atoms with Crippen LogP contribution < -0.4 is 33.6 Å². The van der Waals surface area contributed by atoms with Crippen molar-refractivity contribution in [3.63, 3.8) is 0 Å². The van der Waals surface area contributed by atoms with Crippen LogP contribution in [0.3, 0.4) is 0 Å². The Bertz CT molecular complexity index is 430. The van der Waals surface area contributed by atoms with Crippen LogP contribution in [0.2, 0.25) is 0 Å². The van der Waals surface area contributed by atoms with Gasteiger partial charge in [0.2, 0.25) is 0 Å². The molecule has 0 bridgehead atoms. The molecule has 28 heavy (non-hydrogen) atoms. The molecule has 0 spiro atoms. The fourth-order valence-corrected chi connectivity index (χ4v) is 2.40. The van der Waals surface area contributed by atoms with Gasteiger partial charge in [0.25, 0.3) is 0 Å². The molecule has 1 rings (SSSR count). The molecule has 1 unspecified atom stereocenters. The Hall–Kier alpha value is -0.713. The number of likely N-dealkylation sites (N-methyl/N-ethyl adjacent to an activating group) is 3. The fourth-order valence-electron chi connectivity index (χ4n) is 2.40. The molecule has 0 aromatic rings. The van der Waals surface area contributed by atoms with Crippen LogP contribution in [-0.4, -0.2) is 86.6 Å². The second-order valence-corrected chi connectivity index (χ2v) is 7.99. The molecule has 1 aliphatic heterocycles. The molecule has 1 heterocycles. The van der Waals surface area contributed by atoms with E-state index in [4.69, 9.17) is 9.47 Å². The largest absolute Gasteiger partial charge is 1.00 e. The van der Waals surface area contributed by atoms with Crippen LogP contribution in [0.25, 0.3) is 5.32 Å². The fraction of sp³-hybridized carbons (Fsp3) is 0.850. The molecule has 1 atom stereocenters. The van der Waals surface area contributed by atoms with Crippen LogP contribution in [0.15, 0.2) is 17.1 Å². The molecular weight excluding hydrogens is 349 g/mol. The third-order valence-electron chi connectivity index (χ3n) is 4.14. The number of quaternary nitrogens is 3. The van der Waals surface area contributed by atoms with Crippen LogP contribution >= 0.6 is 0 Å². The van der Waals surface area contributed by atoms with Gasteiger partial charge in [-0.25, -0.2) is 4.99 Å². The van der Waals surface area contributed by atoms with Crippen molar-refractivity contribution in [1.82, 2.24) is 0 Å². The van der Waals surface area contributed by atoms with Crippen molar-refractivity contribution < 1.29 is 43.0 Å². The number of ether oxygens (including phenoxy) is 2. The molecule has 160 valence electrons. The van der Waals surface area contributed by atoms with Gasteiger partial charge in [-0.15, -0.1) is 0 Å². The van der Waals surface area contributed by atoms with E-state index in [1.54, 1.807) is 20.9 Å². The number of rotatable bonds is 10. The summed E-state index contributed by atoms with van der Waals surface area (Å²) in [5.41, 5.74) is 0. The molecule has 0 aromatic carbocycles. The molecule has 0 amide bonds. The van der Waals surface area contributed by atoms with Gasteiger partial charge < -0.3 is 29.5 Å². The van der Waals surface area contributed by atoms with Crippen LogP contribution in [0.4, 0.5) is 0 Å². The first-order chi connectivity index (χ1) is 12.7. The topological polar surface area (TPSA) is 58.2 Å². The monoisotopic (exact) mass is 394 g/mol. The van der Waals surface area contributed by atoms with Gasteiger partial charge in [-0.3, -0.25) is 0 Å². The van der Waals surface area contributed by atoms with Crippen molar-refractivity contribution in [3.05, 3.63) is 17.4 Å². The van der Waals surface area contributed by atoms with E-state index >= 15 is 0 Å². The van der Waals surface area contributed by atoms with Gasteiger partial charge in [0.15, 0.2) is 5.90 Å². The van der Waals surface area contributed by atoms with Crippen molar-refractivity contribution >= 4 is 5.90 Å².